The van der Waals surface area contributed by atoms with E-state index >= 15 is 0 Å². The third-order valence-corrected chi connectivity index (χ3v) is 4.55. The van der Waals surface area contributed by atoms with Crippen LogP contribution in [0, 0.1) is 22.0 Å². The Morgan fingerprint density at radius 2 is 1.45 bits per heavy atom. The SMILES string of the molecule is CCCCCC1CC(=O)CC(CCCCC)C1[N+](=O)[O-]. The van der Waals surface area contributed by atoms with Crippen molar-refractivity contribution in [3.63, 3.8) is 0 Å². The Kier molecular flexibility index (Phi) is 7.78. The zero-order chi connectivity index (χ0) is 15.0. The number of Topliss-reactive ketones (excluding diaryl/α,β-unsaturated/α-hetero) is 1. The van der Waals surface area contributed by atoms with E-state index in [4.69, 9.17) is 0 Å². The van der Waals surface area contributed by atoms with Crippen LogP contribution in [0.2, 0.25) is 0 Å². The second-order valence-electron chi connectivity index (χ2n) is 6.23. The summed E-state index contributed by atoms with van der Waals surface area (Å²) in [7, 11) is 0. The molecule has 1 saturated carbocycles. The minimum atomic E-state index is -0.485. The molecule has 0 aromatic heterocycles. The molecule has 2 atom stereocenters. The summed E-state index contributed by atoms with van der Waals surface area (Å²) < 4.78 is 0. The van der Waals surface area contributed by atoms with Gasteiger partial charge in [0.25, 0.3) is 0 Å². The van der Waals surface area contributed by atoms with Crippen molar-refractivity contribution in [1.82, 2.24) is 0 Å². The van der Waals surface area contributed by atoms with E-state index in [9.17, 15) is 14.9 Å². The monoisotopic (exact) mass is 283 g/mol. The summed E-state index contributed by atoms with van der Waals surface area (Å²) in [6.07, 6.45) is 9.02. The van der Waals surface area contributed by atoms with Gasteiger partial charge in [-0.3, -0.25) is 14.9 Å². The molecule has 1 aliphatic carbocycles. The maximum absolute atomic E-state index is 11.9. The number of carbonyl (C=O) groups is 1. The average Bonchev–Trinajstić information content (AvgIpc) is 2.38. The van der Waals surface area contributed by atoms with Crippen LogP contribution < -0.4 is 0 Å². The van der Waals surface area contributed by atoms with Gasteiger partial charge in [0.05, 0.1) is 0 Å². The van der Waals surface area contributed by atoms with Gasteiger partial charge in [0.1, 0.15) is 5.78 Å². The second-order valence-corrected chi connectivity index (χ2v) is 6.23. The highest BCUT2D eigenvalue weighted by Gasteiger charge is 2.44. The third kappa shape index (κ3) is 5.22. The molecule has 0 amide bonds. The number of ketones is 1. The van der Waals surface area contributed by atoms with E-state index in [1.807, 2.05) is 0 Å². The highest BCUT2D eigenvalue weighted by Crippen LogP contribution is 2.35. The average molecular weight is 283 g/mol. The Hall–Kier alpha value is -0.930. The molecule has 2 unspecified atom stereocenters. The molecule has 0 spiro atoms. The maximum Gasteiger partial charge on any atom is 0.219 e. The largest absolute Gasteiger partial charge is 0.300 e. The summed E-state index contributed by atoms with van der Waals surface area (Å²) in [5, 5.41) is 11.4. The van der Waals surface area contributed by atoms with Gasteiger partial charge in [-0.1, -0.05) is 52.4 Å². The molecule has 1 rings (SSSR count). The Balaban J connectivity index is 2.65. The molecule has 0 N–H and O–H groups in total. The molecule has 1 aliphatic rings. The summed E-state index contributed by atoms with van der Waals surface area (Å²) in [5.74, 6) is 0.194. The normalized spacial score (nSPS) is 26.7. The minimum absolute atomic E-state index is 0.0237. The van der Waals surface area contributed by atoms with Crippen LogP contribution in [0.5, 0.6) is 0 Å². The van der Waals surface area contributed by atoms with E-state index in [1.165, 1.54) is 0 Å². The lowest BCUT2D eigenvalue weighted by atomic mass is 9.72. The summed E-state index contributed by atoms with van der Waals surface area (Å²) in [6.45, 7) is 4.26. The van der Waals surface area contributed by atoms with Crippen molar-refractivity contribution in [2.75, 3.05) is 0 Å². The van der Waals surface area contributed by atoms with Gasteiger partial charge >= 0.3 is 0 Å². The molecule has 0 bridgehead atoms. The number of rotatable bonds is 9. The molecule has 0 radical (unpaired) electrons. The predicted molar refractivity (Wildman–Crippen MR) is 80.3 cm³/mol. The van der Waals surface area contributed by atoms with Crippen molar-refractivity contribution in [3.05, 3.63) is 10.1 Å². The van der Waals surface area contributed by atoms with E-state index < -0.39 is 6.04 Å². The molecular weight excluding hydrogens is 254 g/mol. The number of carbonyl (C=O) groups excluding carboxylic acids is 1. The van der Waals surface area contributed by atoms with Gasteiger partial charge in [0.15, 0.2) is 0 Å². The van der Waals surface area contributed by atoms with E-state index in [0.29, 0.717) is 12.8 Å². The van der Waals surface area contributed by atoms with Gasteiger partial charge < -0.3 is 0 Å². The van der Waals surface area contributed by atoms with E-state index in [-0.39, 0.29) is 22.5 Å². The van der Waals surface area contributed by atoms with Crippen LogP contribution in [0.1, 0.15) is 78.1 Å². The standard InChI is InChI=1S/C16H29NO3/c1-3-5-7-9-13-11-15(18)12-14(10-8-6-4-2)16(13)17(19)20/h13-14,16H,3-12H2,1-2H3. The van der Waals surface area contributed by atoms with E-state index in [1.54, 1.807) is 0 Å². The number of hydrogen-bond acceptors (Lipinski definition) is 3. The first kappa shape index (κ1) is 17.1. The molecule has 0 heterocycles. The van der Waals surface area contributed by atoms with Gasteiger partial charge in [-0.15, -0.1) is 0 Å². The molecule has 0 aliphatic heterocycles. The smallest absolute Gasteiger partial charge is 0.219 e. The lowest BCUT2D eigenvalue weighted by molar-refractivity contribution is -0.544. The molecule has 4 heteroatoms. The zero-order valence-corrected chi connectivity index (χ0v) is 13.0. The Bertz CT molecular complexity index is 295. The fraction of sp³-hybridized carbons (Fsp3) is 0.938. The van der Waals surface area contributed by atoms with Crippen molar-refractivity contribution < 1.29 is 9.72 Å². The van der Waals surface area contributed by atoms with E-state index in [0.717, 1.165) is 51.4 Å². The molecule has 0 aromatic carbocycles. The van der Waals surface area contributed by atoms with E-state index in [2.05, 4.69) is 13.8 Å². The Morgan fingerprint density at radius 1 is 1.00 bits per heavy atom. The summed E-state index contributed by atoms with van der Waals surface area (Å²) in [5.41, 5.74) is 0. The van der Waals surface area contributed by atoms with Crippen LogP contribution in [0.25, 0.3) is 0 Å². The zero-order valence-electron chi connectivity index (χ0n) is 13.0. The molecule has 0 saturated heterocycles. The second kappa shape index (κ2) is 9.09. The first-order chi connectivity index (χ1) is 9.60. The molecule has 4 nitrogen and oxygen atoms in total. The first-order valence-corrected chi connectivity index (χ1v) is 8.25. The van der Waals surface area contributed by atoms with Gasteiger partial charge in [-0.05, 0) is 12.8 Å². The van der Waals surface area contributed by atoms with Crippen LogP contribution >= 0.6 is 0 Å². The quantitative estimate of drug-likeness (QED) is 0.358. The lowest BCUT2D eigenvalue weighted by Gasteiger charge is -2.31. The van der Waals surface area contributed by atoms with Crippen molar-refractivity contribution in [2.45, 2.75) is 84.1 Å². The van der Waals surface area contributed by atoms with Crippen molar-refractivity contribution in [2.24, 2.45) is 11.8 Å². The van der Waals surface area contributed by atoms with Crippen LogP contribution in [0.15, 0.2) is 0 Å². The third-order valence-electron chi connectivity index (χ3n) is 4.55. The Labute approximate surface area is 122 Å². The van der Waals surface area contributed by atoms with Crippen LogP contribution in [-0.2, 0) is 4.79 Å². The lowest BCUT2D eigenvalue weighted by Crippen LogP contribution is -2.42. The maximum atomic E-state index is 11.9. The first-order valence-electron chi connectivity index (χ1n) is 8.25. The number of nitrogens with zero attached hydrogens (tertiary/aromatic N) is 1. The van der Waals surface area contributed by atoms with Crippen LogP contribution in [-0.4, -0.2) is 16.7 Å². The predicted octanol–water partition coefficient (Wildman–Crippen LogP) is 4.39. The minimum Gasteiger partial charge on any atom is -0.300 e. The highest BCUT2D eigenvalue weighted by atomic mass is 16.6. The molecule has 1 fully saturated rings. The Morgan fingerprint density at radius 3 is 1.80 bits per heavy atom. The summed E-state index contributed by atoms with van der Waals surface area (Å²) in [4.78, 5) is 23.2. The van der Waals surface area contributed by atoms with Gasteiger partial charge in [-0.2, -0.15) is 0 Å². The summed E-state index contributed by atoms with van der Waals surface area (Å²) >= 11 is 0. The number of nitro groups is 1. The van der Waals surface area contributed by atoms with Crippen molar-refractivity contribution in [1.29, 1.82) is 0 Å². The topological polar surface area (TPSA) is 60.2 Å². The van der Waals surface area contributed by atoms with Gasteiger partial charge in [0, 0.05) is 29.6 Å². The summed E-state index contributed by atoms with van der Waals surface area (Å²) in [6, 6.07) is -0.485. The fourth-order valence-electron chi connectivity index (χ4n) is 3.50. The molecule has 0 aromatic rings. The molecule has 20 heavy (non-hydrogen) atoms. The van der Waals surface area contributed by atoms with Crippen LogP contribution in [0.4, 0.5) is 0 Å². The van der Waals surface area contributed by atoms with Crippen LogP contribution in [0.3, 0.4) is 0 Å². The highest BCUT2D eigenvalue weighted by molar-refractivity contribution is 5.79. The van der Waals surface area contributed by atoms with Gasteiger partial charge in [0.2, 0.25) is 6.04 Å². The van der Waals surface area contributed by atoms with Crippen molar-refractivity contribution in [3.8, 4) is 0 Å². The molecular formula is C16H29NO3. The molecule has 116 valence electrons. The number of hydrogen-bond donors (Lipinski definition) is 0. The van der Waals surface area contributed by atoms with Gasteiger partial charge in [-0.25, -0.2) is 0 Å². The number of unbranched alkanes of at least 4 members (excludes halogenated alkanes) is 4. The van der Waals surface area contributed by atoms with Crippen molar-refractivity contribution >= 4 is 5.78 Å². The fourth-order valence-corrected chi connectivity index (χ4v) is 3.50.